The lowest BCUT2D eigenvalue weighted by Gasteiger charge is -2.32. The van der Waals surface area contributed by atoms with Crippen molar-refractivity contribution in [2.45, 2.75) is 71.3 Å². The SMILES string of the molecule is CC(C)(C)OC(=O)CCCCC1CCN(C(=O)c2ccc(Cl)c(N3CCC(=O)NC3=O)c2)CC1. The van der Waals surface area contributed by atoms with E-state index in [1.54, 1.807) is 18.2 Å². The predicted molar refractivity (Wildman–Crippen MR) is 130 cm³/mol. The van der Waals surface area contributed by atoms with Gasteiger partial charge in [-0.15, -0.1) is 0 Å². The van der Waals surface area contributed by atoms with Crippen molar-refractivity contribution in [2.24, 2.45) is 5.92 Å². The van der Waals surface area contributed by atoms with Crippen LogP contribution in [0.5, 0.6) is 0 Å². The maximum absolute atomic E-state index is 13.1. The van der Waals surface area contributed by atoms with Crippen molar-refractivity contribution in [1.29, 1.82) is 0 Å². The summed E-state index contributed by atoms with van der Waals surface area (Å²) >= 11 is 6.29. The van der Waals surface area contributed by atoms with Crippen molar-refractivity contribution in [3.05, 3.63) is 28.8 Å². The number of halogens is 1. The minimum atomic E-state index is -0.532. The molecule has 0 bridgehead atoms. The van der Waals surface area contributed by atoms with Crippen LogP contribution >= 0.6 is 11.6 Å². The number of imide groups is 1. The Bertz CT molecular complexity index is 935. The van der Waals surface area contributed by atoms with Gasteiger partial charge >= 0.3 is 12.0 Å². The van der Waals surface area contributed by atoms with Gasteiger partial charge in [-0.1, -0.05) is 24.4 Å². The molecular formula is C25H34ClN3O5. The number of ether oxygens (including phenoxy) is 1. The Labute approximate surface area is 205 Å². The van der Waals surface area contributed by atoms with Gasteiger partial charge in [-0.3, -0.25) is 24.6 Å². The molecule has 1 aromatic rings. The van der Waals surface area contributed by atoms with E-state index in [4.69, 9.17) is 16.3 Å². The summed E-state index contributed by atoms with van der Waals surface area (Å²) in [5.74, 6) is -0.0194. The molecule has 9 heteroatoms. The quantitative estimate of drug-likeness (QED) is 0.446. The van der Waals surface area contributed by atoms with E-state index >= 15 is 0 Å². The lowest BCUT2D eigenvalue weighted by molar-refractivity contribution is -0.155. The molecule has 2 aliphatic heterocycles. The van der Waals surface area contributed by atoms with Crippen LogP contribution in [0.25, 0.3) is 0 Å². The minimum Gasteiger partial charge on any atom is -0.460 e. The number of anilines is 1. The molecule has 3 rings (SSSR count). The van der Waals surface area contributed by atoms with Crippen LogP contribution in [0.1, 0.15) is 76.1 Å². The summed E-state index contributed by atoms with van der Waals surface area (Å²) in [6, 6.07) is 4.38. The summed E-state index contributed by atoms with van der Waals surface area (Å²) in [6.07, 6.45) is 5.31. The third-order valence-electron chi connectivity index (χ3n) is 6.10. The second-order valence-electron chi connectivity index (χ2n) is 9.99. The van der Waals surface area contributed by atoms with E-state index in [1.807, 2.05) is 25.7 Å². The van der Waals surface area contributed by atoms with Crippen molar-refractivity contribution >= 4 is 41.1 Å². The molecule has 1 aromatic carbocycles. The summed E-state index contributed by atoms with van der Waals surface area (Å²) in [7, 11) is 0. The van der Waals surface area contributed by atoms with E-state index in [2.05, 4.69) is 5.32 Å². The molecule has 0 spiro atoms. The highest BCUT2D eigenvalue weighted by Gasteiger charge is 2.28. The fourth-order valence-corrected chi connectivity index (χ4v) is 4.57. The number of rotatable bonds is 7. The Morgan fingerprint density at radius 3 is 2.47 bits per heavy atom. The van der Waals surface area contributed by atoms with E-state index in [1.165, 1.54) is 4.90 Å². The smallest absolute Gasteiger partial charge is 0.328 e. The normalized spacial score (nSPS) is 17.5. The molecule has 2 heterocycles. The number of likely N-dealkylation sites (tertiary alicyclic amines) is 1. The molecule has 34 heavy (non-hydrogen) atoms. The highest BCUT2D eigenvalue weighted by Crippen LogP contribution is 2.30. The average Bonchev–Trinajstić information content (AvgIpc) is 2.76. The standard InChI is InChI=1S/C25H34ClN3O5/c1-25(2,3)34-22(31)7-5-4-6-17-10-13-28(14-11-17)23(32)18-8-9-19(26)20(16-18)29-15-12-21(30)27-24(29)33/h8-9,16-17H,4-7,10-15H2,1-3H3,(H,27,30,33). The van der Waals surface area contributed by atoms with Gasteiger partial charge in [0.25, 0.3) is 5.91 Å². The first-order chi connectivity index (χ1) is 16.0. The molecule has 4 amide bonds. The van der Waals surface area contributed by atoms with E-state index in [-0.39, 0.29) is 30.7 Å². The number of carbonyl (C=O) groups excluding carboxylic acids is 4. The number of esters is 1. The van der Waals surface area contributed by atoms with Crippen molar-refractivity contribution < 1.29 is 23.9 Å². The number of nitrogens with one attached hydrogen (secondary N) is 1. The molecule has 0 aliphatic carbocycles. The molecule has 0 atom stereocenters. The summed E-state index contributed by atoms with van der Waals surface area (Å²) in [5.41, 5.74) is 0.456. The summed E-state index contributed by atoms with van der Waals surface area (Å²) in [6.45, 7) is 7.19. The van der Waals surface area contributed by atoms with Gasteiger partial charge in [-0.25, -0.2) is 4.79 Å². The number of hydrogen-bond donors (Lipinski definition) is 1. The predicted octanol–water partition coefficient (Wildman–Crippen LogP) is 4.54. The number of hydrogen-bond acceptors (Lipinski definition) is 5. The third kappa shape index (κ3) is 7.19. The second kappa shape index (κ2) is 11.2. The molecule has 2 aliphatic rings. The molecule has 186 valence electrons. The summed E-state index contributed by atoms with van der Waals surface area (Å²) in [5, 5.41) is 2.63. The molecule has 2 saturated heterocycles. The monoisotopic (exact) mass is 491 g/mol. The summed E-state index contributed by atoms with van der Waals surface area (Å²) in [4.78, 5) is 51.8. The van der Waals surface area contributed by atoms with Crippen LogP contribution in [0.4, 0.5) is 10.5 Å². The Morgan fingerprint density at radius 1 is 1.12 bits per heavy atom. The minimum absolute atomic E-state index is 0.0882. The van der Waals surface area contributed by atoms with Crippen molar-refractivity contribution in [3.8, 4) is 0 Å². The first-order valence-corrected chi connectivity index (χ1v) is 12.3. The molecule has 0 unspecified atom stereocenters. The van der Waals surface area contributed by atoms with E-state index in [9.17, 15) is 19.2 Å². The molecular weight excluding hydrogens is 458 g/mol. The van der Waals surface area contributed by atoms with Gasteiger partial charge in [0.05, 0.1) is 10.7 Å². The van der Waals surface area contributed by atoms with Gasteiger partial charge in [0.1, 0.15) is 5.60 Å². The molecule has 2 fully saturated rings. The number of carbonyl (C=O) groups is 4. The number of benzene rings is 1. The Balaban J connectivity index is 1.48. The second-order valence-corrected chi connectivity index (χ2v) is 10.4. The molecule has 8 nitrogen and oxygen atoms in total. The van der Waals surface area contributed by atoms with Gasteiger partial charge in [0, 0.05) is 38.0 Å². The van der Waals surface area contributed by atoms with Crippen LogP contribution in [-0.4, -0.2) is 54.0 Å². The van der Waals surface area contributed by atoms with Gasteiger partial charge in [-0.2, -0.15) is 0 Å². The highest BCUT2D eigenvalue weighted by atomic mass is 35.5. The van der Waals surface area contributed by atoms with Crippen molar-refractivity contribution in [3.63, 3.8) is 0 Å². The Hall–Kier alpha value is -2.61. The zero-order valence-corrected chi connectivity index (χ0v) is 21.0. The lowest BCUT2D eigenvalue weighted by Crippen LogP contribution is -2.49. The summed E-state index contributed by atoms with van der Waals surface area (Å²) < 4.78 is 5.35. The van der Waals surface area contributed by atoms with Gasteiger partial charge in [0.2, 0.25) is 5.91 Å². The topological polar surface area (TPSA) is 96.0 Å². The van der Waals surface area contributed by atoms with E-state index in [0.29, 0.717) is 41.7 Å². The number of piperidine rings is 1. The number of amides is 4. The van der Waals surface area contributed by atoms with Gasteiger partial charge in [0.15, 0.2) is 0 Å². The van der Waals surface area contributed by atoms with Crippen LogP contribution < -0.4 is 10.2 Å². The van der Waals surface area contributed by atoms with Crippen molar-refractivity contribution in [1.82, 2.24) is 10.2 Å². The maximum atomic E-state index is 13.1. The average molecular weight is 492 g/mol. The molecule has 0 aromatic heterocycles. The van der Waals surface area contributed by atoms with Crippen LogP contribution in [0.3, 0.4) is 0 Å². The van der Waals surface area contributed by atoms with Crippen LogP contribution in [0, 0.1) is 5.92 Å². The van der Waals surface area contributed by atoms with E-state index in [0.717, 1.165) is 32.1 Å². The van der Waals surface area contributed by atoms with Crippen LogP contribution in [-0.2, 0) is 14.3 Å². The zero-order valence-electron chi connectivity index (χ0n) is 20.2. The van der Waals surface area contributed by atoms with Crippen LogP contribution in [0.15, 0.2) is 18.2 Å². The molecule has 0 saturated carbocycles. The van der Waals surface area contributed by atoms with Crippen LogP contribution in [0.2, 0.25) is 5.02 Å². The fourth-order valence-electron chi connectivity index (χ4n) is 4.35. The largest absolute Gasteiger partial charge is 0.460 e. The van der Waals surface area contributed by atoms with E-state index < -0.39 is 11.6 Å². The Morgan fingerprint density at radius 2 is 1.82 bits per heavy atom. The van der Waals surface area contributed by atoms with Gasteiger partial charge < -0.3 is 9.64 Å². The molecule has 1 N–H and O–H groups in total. The first kappa shape index (κ1) is 26.0. The zero-order chi connectivity index (χ0) is 24.9. The van der Waals surface area contributed by atoms with Crippen molar-refractivity contribution in [2.75, 3.05) is 24.5 Å². The number of unbranched alkanes of at least 4 members (excludes halogenated alkanes) is 1. The molecule has 0 radical (unpaired) electrons. The maximum Gasteiger partial charge on any atom is 0.328 e. The first-order valence-electron chi connectivity index (χ1n) is 12.0. The fraction of sp³-hybridized carbons (Fsp3) is 0.600. The Kier molecular flexibility index (Phi) is 8.57. The lowest BCUT2D eigenvalue weighted by atomic mass is 9.91. The number of nitrogens with zero attached hydrogens (tertiary/aromatic N) is 2. The van der Waals surface area contributed by atoms with Gasteiger partial charge in [-0.05, 0) is 64.2 Å². The number of urea groups is 1. The highest BCUT2D eigenvalue weighted by molar-refractivity contribution is 6.34. The third-order valence-corrected chi connectivity index (χ3v) is 6.42.